The Kier molecular flexibility index (Phi) is 3.17. The zero-order valence-electron chi connectivity index (χ0n) is 9.09. The van der Waals surface area contributed by atoms with Gasteiger partial charge in [0.05, 0.1) is 11.8 Å². The fraction of sp³-hybridized carbons (Fsp3) is 0. The van der Waals surface area contributed by atoms with Gasteiger partial charge in [0.15, 0.2) is 0 Å². The van der Waals surface area contributed by atoms with Crippen LogP contribution in [0.15, 0.2) is 36.5 Å². The Hall–Kier alpha value is -2.92. The predicted molar refractivity (Wildman–Crippen MR) is 60.1 cm³/mol. The zero-order chi connectivity index (χ0) is 13.0. The Morgan fingerprint density at radius 1 is 1.06 bits per heavy atom. The summed E-state index contributed by atoms with van der Waals surface area (Å²) in [6.07, 6.45) is 1.37. The number of nitriles is 2. The van der Waals surface area contributed by atoms with Crippen LogP contribution in [0.2, 0.25) is 0 Å². The topological polar surface area (TPSA) is 69.7 Å². The second-order valence-corrected chi connectivity index (χ2v) is 3.35. The Balaban J connectivity index is 2.21. The third-order valence-corrected chi connectivity index (χ3v) is 2.15. The van der Waals surface area contributed by atoms with E-state index in [9.17, 15) is 4.39 Å². The van der Waals surface area contributed by atoms with E-state index in [2.05, 4.69) is 4.98 Å². The third-order valence-electron chi connectivity index (χ3n) is 2.15. The summed E-state index contributed by atoms with van der Waals surface area (Å²) in [6.45, 7) is 0. The van der Waals surface area contributed by atoms with Crippen LogP contribution in [0.25, 0.3) is 0 Å². The van der Waals surface area contributed by atoms with Crippen LogP contribution >= 0.6 is 0 Å². The molecule has 0 aliphatic rings. The Bertz CT molecular complexity index is 653. The molecule has 0 atom stereocenters. The molecule has 0 N–H and O–H groups in total. The molecule has 0 saturated heterocycles. The molecule has 0 radical (unpaired) electrons. The minimum absolute atomic E-state index is 0.0414. The van der Waals surface area contributed by atoms with Gasteiger partial charge in [0.25, 0.3) is 0 Å². The quantitative estimate of drug-likeness (QED) is 0.807. The summed E-state index contributed by atoms with van der Waals surface area (Å²) in [7, 11) is 0. The largest absolute Gasteiger partial charge is 0.456 e. The van der Waals surface area contributed by atoms with Crippen molar-refractivity contribution in [3.05, 3.63) is 53.6 Å². The molecule has 18 heavy (non-hydrogen) atoms. The first-order valence-electron chi connectivity index (χ1n) is 4.96. The zero-order valence-corrected chi connectivity index (χ0v) is 9.09. The maximum absolute atomic E-state index is 13.3. The van der Waals surface area contributed by atoms with Gasteiger partial charge in [-0.25, -0.2) is 9.37 Å². The van der Waals surface area contributed by atoms with Gasteiger partial charge in [0.1, 0.15) is 35.1 Å². The summed E-state index contributed by atoms with van der Waals surface area (Å²) >= 11 is 0. The maximum atomic E-state index is 13.3. The summed E-state index contributed by atoms with van der Waals surface area (Å²) in [4.78, 5) is 3.82. The minimum atomic E-state index is -0.642. The molecule has 0 spiro atoms. The molecule has 86 valence electrons. The van der Waals surface area contributed by atoms with Crippen molar-refractivity contribution in [2.75, 3.05) is 0 Å². The normalized spacial score (nSPS) is 9.28. The summed E-state index contributed by atoms with van der Waals surface area (Å²) in [6, 6.07) is 10.6. The van der Waals surface area contributed by atoms with Gasteiger partial charge in [0, 0.05) is 6.07 Å². The van der Waals surface area contributed by atoms with Gasteiger partial charge in [0.2, 0.25) is 0 Å². The number of benzene rings is 1. The highest BCUT2D eigenvalue weighted by molar-refractivity contribution is 5.38. The number of hydrogen-bond donors (Lipinski definition) is 0. The lowest BCUT2D eigenvalue weighted by molar-refractivity contribution is 0.474. The standard InChI is InChI=1S/C13H6FN3O/c14-13-5-11(3-1-9(13)6-15)18-12-4-2-10(7-16)17-8-12/h1-5,8H. The molecule has 2 aromatic rings. The van der Waals surface area contributed by atoms with E-state index < -0.39 is 5.82 Å². The van der Waals surface area contributed by atoms with Crippen LogP contribution in [0.1, 0.15) is 11.3 Å². The van der Waals surface area contributed by atoms with Crippen LogP contribution in [0.4, 0.5) is 4.39 Å². The van der Waals surface area contributed by atoms with Crippen molar-refractivity contribution >= 4 is 0 Å². The lowest BCUT2D eigenvalue weighted by atomic mass is 10.2. The smallest absolute Gasteiger partial charge is 0.145 e. The van der Waals surface area contributed by atoms with Crippen molar-refractivity contribution in [2.24, 2.45) is 0 Å². The van der Waals surface area contributed by atoms with Gasteiger partial charge in [-0.05, 0) is 24.3 Å². The average Bonchev–Trinajstić information content (AvgIpc) is 2.40. The van der Waals surface area contributed by atoms with Crippen molar-refractivity contribution < 1.29 is 9.13 Å². The van der Waals surface area contributed by atoms with Crippen LogP contribution in [0.5, 0.6) is 11.5 Å². The lowest BCUT2D eigenvalue weighted by Crippen LogP contribution is -1.89. The summed E-state index contributed by atoms with van der Waals surface area (Å²) < 4.78 is 18.6. The molecule has 2 rings (SSSR count). The molecule has 0 unspecified atom stereocenters. The molecular formula is C13H6FN3O. The third kappa shape index (κ3) is 2.42. The Morgan fingerprint density at radius 2 is 1.83 bits per heavy atom. The minimum Gasteiger partial charge on any atom is -0.456 e. The Morgan fingerprint density at radius 3 is 2.39 bits per heavy atom. The first-order chi connectivity index (χ1) is 8.72. The van der Waals surface area contributed by atoms with Crippen LogP contribution in [0.3, 0.4) is 0 Å². The number of aromatic nitrogens is 1. The number of ether oxygens (including phenoxy) is 1. The summed E-state index contributed by atoms with van der Waals surface area (Å²) in [5.41, 5.74) is 0.230. The van der Waals surface area contributed by atoms with Gasteiger partial charge >= 0.3 is 0 Å². The fourth-order valence-electron chi connectivity index (χ4n) is 1.29. The van der Waals surface area contributed by atoms with Gasteiger partial charge in [-0.3, -0.25) is 0 Å². The highest BCUT2D eigenvalue weighted by Crippen LogP contribution is 2.22. The molecule has 1 aromatic heterocycles. The van der Waals surface area contributed by atoms with Crippen LogP contribution in [0, 0.1) is 28.5 Å². The first-order valence-corrected chi connectivity index (χ1v) is 4.96. The molecule has 4 nitrogen and oxygen atoms in total. The predicted octanol–water partition coefficient (Wildman–Crippen LogP) is 2.76. The van der Waals surface area contributed by atoms with Crippen LogP contribution in [-0.4, -0.2) is 4.98 Å². The van der Waals surface area contributed by atoms with Crippen molar-refractivity contribution in [1.82, 2.24) is 4.98 Å². The van der Waals surface area contributed by atoms with Gasteiger partial charge in [-0.1, -0.05) is 0 Å². The van der Waals surface area contributed by atoms with Gasteiger partial charge < -0.3 is 4.74 Å². The van der Waals surface area contributed by atoms with E-state index in [0.717, 1.165) is 6.07 Å². The van der Waals surface area contributed by atoms with E-state index in [0.29, 0.717) is 5.75 Å². The highest BCUT2D eigenvalue weighted by Gasteiger charge is 2.04. The van der Waals surface area contributed by atoms with Crippen LogP contribution in [-0.2, 0) is 0 Å². The molecule has 0 aliphatic heterocycles. The molecule has 1 heterocycles. The molecule has 5 heteroatoms. The number of pyridine rings is 1. The number of rotatable bonds is 2. The Labute approximate surface area is 103 Å². The van der Waals surface area contributed by atoms with Crippen LogP contribution < -0.4 is 4.74 Å². The molecule has 0 bridgehead atoms. The summed E-state index contributed by atoms with van der Waals surface area (Å²) in [5, 5.41) is 17.2. The molecule has 0 fully saturated rings. The first kappa shape index (κ1) is 11.6. The van der Waals surface area contributed by atoms with E-state index in [4.69, 9.17) is 15.3 Å². The fourth-order valence-corrected chi connectivity index (χ4v) is 1.29. The average molecular weight is 239 g/mol. The maximum Gasteiger partial charge on any atom is 0.145 e. The van der Waals surface area contributed by atoms with Crippen molar-refractivity contribution in [3.8, 4) is 23.6 Å². The second-order valence-electron chi connectivity index (χ2n) is 3.35. The van der Waals surface area contributed by atoms with E-state index in [1.54, 1.807) is 12.1 Å². The number of nitrogens with zero attached hydrogens (tertiary/aromatic N) is 3. The van der Waals surface area contributed by atoms with E-state index in [1.165, 1.54) is 24.4 Å². The molecule has 0 amide bonds. The monoisotopic (exact) mass is 239 g/mol. The van der Waals surface area contributed by atoms with Crippen molar-refractivity contribution in [1.29, 1.82) is 10.5 Å². The number of halogens is 1. The lowest BCUT2D eigenvalue weighted by Gasteiger charge is -2.05. The van der Waals surface area contributed by atoms with E-state index in [1.807, 2.05) is 6.07 Å². The molecule has 0 aliphatic carbocycles. The van der Waals surface area contributed by atoms with Crippen molar-refractivity contribution in [2.45, 2.75) is 0 Å². The van der Waals surface area contributed by atoms with E-state index in [-0.39, 0.29) is 17.0 Å². The molecular weight excluding hydrogens is 233 g/mol. The van der Waals surface area contributed by atoms with Gasteiger partial charge in [-0.15, -0.1) is 0 Å². The second kappa shape index (κ2) is 4.94. The van der Waals surface area contributed by atoms with Gasteiger partial charge in [-0.2, -0.15) is 10.5 Å². The van der Waals surface area contributed by atoms with Crippen molar-refractivity contribution in [3.63, 3.8) is 0 Å². The SMILES string of the molecule is N#Cc1ccc(Oc2ccc(C#N)c(F)c2)cn1. The summed E-state index contributed by atoms with van der Waals surface area (Å²) in [5.74, 6) is 0.00715. The molecule has 1 aromatic carbocycles. The number of hydrogen-bond acceptors (Lipinski definition) is 4. The highest BCUT2D eigenvalue weighted by atomic mass is 19.1. The van der Waals surface area contributed by atoms with E-state index >= 15 is 0 Å². The molecule has 0 saturated carbocycles.